The summed E-state index contributed by atoms with van der Waals surface area (Å²) in [5.74, 6) is 4.87. The third-order valence-corrected chi connectivity index (χ3v) is 2.81. The molecule has 4 heteroatoms. The second-order valence-corrected chi connectivity index (χ2v) is 3.36. The van der Waals surface area contributed by atoms with Crippen molar-refractivity contribution in [2.75, 3.05) is 0 Å². The first kappa shape index (κ1) is 7.21. The largest absolute Gasteiger partial charge is 0.299 e. The minimum Gasteiger partial charge on any atom is -0.299 e. The molecule has 0 atom stereocenters. The van der Waals surface area contributed by atoms with Gasteiger partial charge in [0.05, 0.1) is 0 Å². The van der Waals surface area contributed by atoms with Crippen LogP contribution in [0.5, 0.6) is 0 Å². The monoisotopic (exact) mass is 207 g/mol. The van der Waals surface area contributed by atoms with E-state index in [1.165, 1.54) is 0 Å². The third kappa shape index (κ3) is 1.76. The molecule has 0 aliphatic heterocycles. The van der Waals surface area contributed by atoms with Crippen LogP contribution in [0.25, 0.3) is 0 Å². The van der Waals surface area contributed by atoms with Crippen LogP contribution in [0.2, 0.25) is 0 Å². The van der Waals surface area contributed by atoms with Crippen LogP contribution in [0.3, 0.4) is 0 Å². The van der Waals surface area contributed by atoms with Crippen LogP contribution in [-0.2, 0) is 11.4 Å². The predicted octanol–water partition coefficient (Wildman–Crippen LogP) is 1.90. The van der Waals surface area contributed by atoms with Crippen LogP contribution in [0.1, 0.15) is 4.88 Å². The van der Waals surface area contributed by atoms with E-state index in [4.69, 9.17) is 5.90 Å². The molecule has 0 aliphatic rings. The van der Waals surface area contributed by atoms with Crippen LogP contribution in [0.4, 0.5) is 0 Å². The standard InChI is InChI=1S/C5H6BrNOS/c6-4-1-2-9-5(4)3-8-7/h1-2H,3,7H2. The van der Waals surface area contributed by atoms with Gasteiger partial charge in [-0.05, 0) is 27.4 Å². The Morgan fingerprint density at radius 2 is 2.56 bits per heavy atom. The second kappa shape index (κ2) is 3.31. The van der Waals surface area contributed by atoms with Gasteiger partial charge in [-0.15, -0.1) is 11.3 Å². The van der Waals surface area contributed by atoms with Gasteiger partial charge in [0.2, 0.25) is 0 Å². The van der Waals surface area contributed by atoms with Gasteiger partial charge in [0, 0.05) is 9.35 Å². The van der Waals surface area contributed by atoms with Gasteiger partial charge < -0.3 is 0 Å². The minimum atomic E-state index is 0.484. The molecule has 1 aromatic rings. The Morgan fingerprint density at radius 1 is 1.78 bits per heavy atom. The summed E-state index contributed by atoms with van der Waals surface area (Å²) in [5.41, 5.74) is 0. The molecule has 0 bridgehead atoms. The Kier molecular flexibility index (Phi) is 2.65. The smallest absolute Gasteiger partial charge is 0.103 e. The summed E-state index contributed by atoms with van der Waals surface area (Å²) in [6.07, 6.45) is 0. The van der Waals surface area contributed by atoms with Crippen molar-refractivity contribution in [3.63, 3.8) is 0 Å². The third-order valence-electron chi connectivity index (χ3n) is 0.905. The molecular formula is C5H6BrNOS. The van der Waals surface area contributed by atoms with E-state index in [1.54, 1.807) is 11.3 Å². The van der Waals surface area contributed by atoms with Crippen LogP contribution in [0.15, 0.2) is 15.9 Å². The van der Waals surface area contributed by atoms with E-state index >= 15 is 0 Å². The van der Waals surface area contributed by atoms with Crippen LogP contribution in [-0.4, -0.2) is 0 Å². The molecule has 50 valence electrons. The highest BCUT2D eigenvalue weighted by molar-refractivity contribution is 9.10. The lowest BCUT2D eigenvalue weighted by molar-refractivity contribution is 0.126. The molecule has 0 amide bonds. The predicted molar refractivity (Wildman–Crippen MR) is 41.0 cm³/mol. The van der Waals surface area contributed by atoms with Crippen molar-refractivity contribution >= 4 is 27.3 Å². The van der Waals surface area contributed by atoms with E-state index in [0.29, 0.717) is 6.61 Å². The van der Waals surface area contributed by atoms with E-state index in [9.17, 15) is 0 Å². The first-order valence-electron chi connectivity index (χ1n) is 2.38. The van der Waals surface area contributed by atoms with Gasteiger partial charge in [0.25, 0.3) is 0 Å². The molecule has 2 N–H and O–H groups in total. The highest BCUT2D eigenvalue weighted by atomic mass is 79.9. The van der Waals surface area contributed by atoms with Gasteiger partial charge in [-0.2, -0.15) is 0 Å². The Hall–Kier alpha value is 0.100. The minimum absolute atomic E-state index is 0.484. The molecule has 0 fully saturated rings. The Bertz CT molecular complexity index is 189. The van der Waals surface area contributed by atoms with Gasteiger partial charge >= 0.3 is 0 Å². The number of hydrogen-bond donors (Lipinski definition) is 1. The maximum atomic E-state index is 4.87. The fraction of sp³-hybridized carbons (Fsp3) is 0.200. The summed E-state index contributed by atoms with van der Waals surface area (Å²) in [6.45, 7) is 0.484. The Morgan fingerprint density at radius 3 is 3.00 bits per heavy atom. The molecule has 0 saturated heterocycles. The van der Waals surface area contributed by atoms with Gasteiger partial charge in [-0.25, -0.2) is 5.90 Å². The summed E-state index contributed by atoms with van der Waals surface area (Å²) < 4.78 is 1.07. The Labute approximate surface area is 65.7 Å². The van der Waals surface area contributed by atoms with Crippen LogP contribution < -0.4 is 5.90 Å². The topological polar surface area (TPSA) is 35.2 Å². The molecule has 0 aliphatic carbocycles. The zero-order chi connectivity index (χ0) is 6.69. The molecule has 9 heavy (non-hydrogen) atoms. The zero-order valence-corrected chi connectivity index (χ0v) is 7.04. The van der Waals surface area contributed by atoms with E-state index in [2.05, 4.69) is 20.8 Å². The fourth-order valence-electron chi connectivity index (χ4n) is 0.504. The molecule has 0 saturated carbocycles. The maximum absolute atomic E-state index is 4.87. The average molecular weight is 208 g/mol. The summed E-state index contributed by atoms with van der Waals surface area (Å²) in [4.78, 5) is 5.57. The zero-order valence-electron chi connectivity index (χ0n) is 4.63. The summed E-state index contributed by atoms with van der Waals surface area (Å²) in [6, 6.07) is 1.97. The molecule has 0 radical (unpaired) electrons. The SMILES string of the molecule is NOCc1sccc1Br. The van der Waals surface area contributed by atoms with Crippen molar-refractivity contribution in [1.82, 2.24) is 0 Å². The first-order valence-corrected chi connectivity index (χ1v) is 4.05. The lowest BCUT2D eigenvalue weighted by atomic mass is 10.5. The van der Waals surface area contributed by atoms with Gasteiger partial charge in [0.15, 0.2) is 0 Å². The summed E-state index contributed by atoms with van der Waals surface area (Å²) >= 11 is 4.96. The molecule has 0 unspecified atom stereocenters. The molecule has 0 spiro atoms. The first-order chi connectivity index (χ1) is 4.34. The van der Waals surface area contributed by atoms with E-state index in [0.717, 1.165) is 9.35 Å². The van der Waals surface area contributed by atoms with Gasteiger partial charge in [-0.1, -0.05) is 0 Å². The number of thiophene rings is 1. The molecule has 1 aromatic heterocycles. The molecule has 1 heterocycles. The van der Waals surface area contributed by atoms with Crippen molar-refractivity contribution in [1.29, 1.82) is 0 Å². The van der Waals surface area contributed by atoms with Crippen molar-refractivity contribution in [2.24, 2.45) is 5.90 Å². The summed E-state index contributed by atoms with van der Waals surface area (Å²) in [5, 5.41) is 1.98. The van der Waals surface area contributed by atoms with Crippen molar-refractivity contribution < 1.29 is 4.84 Å². The molecule has 1 rings (SSSR count). The van der Waals surface area contributed by atoms with Crippen LogP contribution in [0, 0.1) is 0 Å². The van der Waals surface area contributed by atoms with Crippen molar-refractivity contribution in [2.45, 2.75) is 6.61 Å². The summed E-state index contributed by atoms with van der Waals surface area (Å²) in [7, 11) is 0. The van der Waals surface area contributed by atoms with Gasteiger partial charge in [-0.3, -0.25) is 4.84 Å². The van der Waals surface area contributed by atoms with E-state index < -0.39 is 0 Å². The van der Waals surface area contributed by atoms with Crippen molar-refractivity contribution in [3.05, 3.63) is 20.8 Å². The normalized spacial score (nSPS) is 10.0. The number of rotatable bonds is 2. The molecule has 2 nitrogen and oxygen atoms in total. The second-order valence-electron chi connectivity index (χ2n) is 1.50. The fourth-order valence-corrected chi connectivity index (χ4v) is 1.89. The van der Waals surface area contributed by atoms with E-state index in [-0.39, 0.29) is 0 Å². The quantitative estimate of drug-likeness (QED) is 0.753. The van der Waals surface area contributed by atoms with E-state index in [1.807, 2.05) is 11.4 Å². The molecule has 0 aromatic carbocycles. The number of nitrogens with two attached hydrogens (primary N) is 1. The Balaban J connectivity index is 2.69. The lowest BCUT2D eigenvalue weighted by Crippen LogP contribution is -1.96. The number of halogens is 1. The average Bonchev–Trinajstić information content (AvgIpc) is 2.18. The highest BCUT2D eigenvalue weighted by Crippen LogP contribution is 2.22. The maximum Gasteiger partial charge on any atom is 0.103 e. The van der Waals surface area contributed by atoms with Crippen molar-refractivity contribution in [3.8, 4) is 0 Å². The molecular weight excluding hydrogens is 202 g/mol. The lowest BCUT2D eigenvalue weighted by Gasteiger charge is -1.92. The highest BCUT2D eigenvalue weighted by Gasteiger charge is 1.98. The number of hydrogen-bond acceptors (Lipinski definition) is 3. The van der Waals surface area contributed by atoms with Crippen LogP contribution >= 0.6 is 27.3 Å². The van der Waals surface area contributed by atoms with Gasteiger partial charge in [0.1, 0.15) is 6.61 Å².